The summed E-state index contributed by atoms with van der Waals surface area (Å²) >= 11 is -3.10. The molecular weight excluding hydrogens is 375 g/mol. The minimum Gasteiger partial charge on any atom is -0.767 e. The van der Waals surface area contributed by atoms with E-state index >= 15 is 0 Å². The molecule has 0 amide bonds. The maximum absolute atomic E-state index is 13.1. The molecule has 0 radical (unpaired) electrons. The molecule has 0 fully saturated rings. The number of nitrogens with zero attached hydrogens (tertiary/aromatic N) is 3. The monoisotopic (exact) mass is 388 g/mol. The van der Waals surface area contributed by atoms with E-state index in [9.17, 15) is 30.4 Å². The first-order chi connectivity index (χ1) is 10.7. The molecule has 0 bridgehead atoms. The summed E-state index contributed by atoms with van der Waals surface area (Å²) in [6.07, 6.45) is -5.14. The molecule has 0 N–H and O–H groups in total. The van der Waals surface area contributed by atoms with Gasteiger partial charge in [-0.3, -0.25) is 8.89 Å². The lowest BCUT2D eigenvalue weighted by molar-refractivity contribution is -0.141. The van der Waals surface area contributed by atoms with Gasteiger partial charge in [0.15, 0.2) is 20.6 Å². The fourth-order valence-electron chi connectivity index (χ4n) is 2.16. The highest BCUT2D eigenvalue weighted by molar-refractivity contribution is 8.05. The summed E-state index contributed by atoms with van der Waals surface area (Å²) < 4.78 is 86.7. The molecule has 13 heteroatoms. The van der Waals surface area contributed by atoms with Gasteiger partial charge in [-0.2, -0.15) is 18.3 Å². The number of rotatable bonds is 3. The van der Waals surface area contributed by atoms with E-state index in [-0.39, 0.29) is 6.42 Å². The molecule has 24 heavy (non-hydrogen) atoms. The first-order valence-electron chi connectivity index (χ1n) is 6.45. The van der Waals surface area contributed by atoms with Gasteiger partial charge in [-0.1, -0.05) is 5.16 Å². The largest absolute Gasteiger partial charge is 0.767 e. The molecule has 2 heterocycles. The van der Waals surface area contributed by atoms with E-state index in [1.807, 2.05) is 0 Å². The maximum atomic E-state index is 13.1. The zero-order chi connectivity index (χ0) is 18.5. The van der Waals surface area contributed by atoms with Gasteiger partial charge in [-0.15, -0.1) is 0 Å². The van der Waals surface area contributed by atoms with E-state index in [4.69, 9.17) is 4.84 Å². The smallest absolute Gasteiger partial charge is 0.435 e. The van der Waals surface area contributed by atoms with Gasteiger partial charge in [-0.25, -0.2) is 8.42 Å². The van der Waals surface area contributed by atoms with Gasteiger partial charge in [0.05, 0.1) is 5.75 Å². The second-order valence-corrected chi connectivity index (χ2v) is 8.61. The normalized spacial score (nSPS) is 19.0. The van der Waals surface area contributed by atoms with Crippen LogP contribution in [0.25, 0.3) is 0 Å². The Kier molecular flexibility index (Phi) is 4.56. The van der Waals surface area contributed by atoms with Crippen LogP contribution >= 0.6 is 0 Å². The predicted molar refractivity (Wildman–Crippen MR) is 75.2 cm³/mol. The van der Waals surface area contributed by atoms with Gasteiger partial charge in [0, 0.05) is 19.0 Å². The number of alkyl halides is 3. The lowest BCUT2D eigenvalue weighted by Gasteiger charge is -2.13. The van der Waals surface area contributed by atoms with Gasteiger partial charge < -0.3 is 9.39 Å². The first kappa shape index (κ1) is 18.9. The van der Waals surface area contributed by atoms with E-state index < -0.39 is 59.8 Å². The highest BCUT2D eigenvalue weighted by Gasteiger charge is 2.42. The van der Waals surface area contributed by atoms with E-state index in [1.54, 1.807) is 13.8 Å². The van der Waals surface area contributed by atoms with E-state index in [0.29, 0.717) is 4.68 Å². The molecular formula is C11H13F3N3O5S2-. The summed E-state index contributed by atoms with van der Waals surface area (Å²) in [6.45, 7) is 3.12. The molecule has 1 aliphatic heterocycles. The second-order valence-electron chi connectivity index (χ2n) is 5.76. The first-order valence-corrected chi connectivity index (χ1v) is 9.17. The predicted octanol–water partition coefficient (Wildman–Crippen LogP) is 1.10. The summed E-state index contributed by atoms with van der Waals surface area (Å²) in [6, 6.07) is 0. The highest BCUT2D eigenvalue weighted by Crippen LogP contribution is 2.35. The van der Waals surface area contributed by atoms with E-state index in [2.05, 4.69) is 10.3 Å². The van der Waals surface area contributed by atoms with Crippen molar-refractivity contribution in [1.82, 2.24) is 9.78 Å². The molecule has 1 aromatic heterocycles. The Morgan fingerprint density at radius 3 is 2.42 bits per heavy atom. The van der Waals surface area contributed by atoms with Gasteiger partial charge >= 0.3 is 6.18 Å². The topological polar surface area (TPSA) is 114 Å². The molecule has 0 spiro atoms. The molecule has 2 rings (SSSR count). The third kappa shape index (κ3) is 3.62. The second kappa shape index (κ2) is 5.81. The van der Waals surface area contributed by atoms with Crippen molar-refractivity contribution in [3.8, 4) is 0 Å². The van der Waals surface area contributed by atoms with Crippen molar-refractivity contribution in [1.29, 1.82) is 0 Å². The van der Waals surface area contributed by atoms with Crippen LogP contribution in [0, 0.1) is 0 Å². The van der Waals surface area contributed by atoms with Crippen LogP contribution in [-0.4, -0.2) is 37.6 Å². The fourth-order valence-corrected chi connectivity index (χ4v) is 4.42. The SMILES string of the molecule is Cn1nc(C(F)(F)F)c(CS(=O)(=O)C2=NOC(C)(C)C2)c1S(=O)[O-]. The highest BCUT2D eigenvalue weighted by atomic mass is 32.2. The van der Waals surface area contributed by atoms with Crippen molar-refractivity contribution >= 4 is 26.0 Å². The molecule has 1 aromatic rings. The number of hydrogen-bond acceptors (Lipinski definition) is 7. The summed E-state index contributed by atoms with van der Waals surface area (Å²) in [5.74, 6) is -1.20. The Morgan fingerprint density at radius 2 is 2.00 bits per heavy atom. The Labute approximate surface area is 137 Å². The van der Waals surface area contributed by atoms with Crippen LogP contribution in [0.4, 0.5) is 13.2 Å². The minimum absolute atomic E-state index is 0.132. The average Bonchev–Trinajstić information content (AvgIpc) is 2.89. The Balaban J connectivity index is 2.51. The van der Waals surface area contributed by atoms with Crippen molar-refractivity contribution < 1.29 is 35.2 Å². The Hall–Kier alpha value is -1.47. The lowest BCUT2D eigenvalue weighted by Crippen LogP contribution is -2.24. The standard InChI is InChI=1S/C11H14F3N3O5S2/c1-10(2)4-7(16-22-10)24(20,21)5-6-8(11(12,13)14)15-17(3)9(6)23(18)19/h4-5H2,1-3H3,(H,18,19)/p-1. The number of oxime groups is 1. The molecule has 136 valence electrons. The molecule has 0 saturated carbocycles. The summed E-state index contributed by atoms with van der Waals surface area (Å²) in [5.41, 5.74) is -3.41. The minimum atomic E-state index is -5.01. The molecule has 0 aliphatic carbocycles. The molecule has 1 unspecified atom stereocenters. The number of halogens is 3. The molecule has 8 nitrogen and oxygen atoms in total. The molecule has 0 saturated heterocycles. The van der Waals surface area contributed by atoms with Crippen LogP contribution in [0.1, 0.15) is 31.5 Å². The van der Waals surface area contributed by atoms with E-state index in [1.165, 1.54) is 0 Å². The number of aromatic nitrogens is 2. The summed E-state index contributed by atoms with van der Waals surface area (Å²) in [7, 11) is -3.33. The van der Waals surface area contributed by atoms with Crippen LogP contribution in [0.5, 0.6) is 0 Å². The zero-order valence-electron chi connectivity index (χ0n) is 12.7. The fraction of sp³-hybridized carbons (Fsp3) is 0.636. The van der Waals surface area contributed by atoms with Crippen LogP contribution in [0.2, 0.25) is 0 Å². The number of sulfone groups is 1. The van der Waals surface area contributed by atoms with Crippen molar-refractivity contribution in [2.75, 3.05) is 0 Å². The van der Waals surface area contributed by atoms with Crippen molar-refractivity contribution in [2.24, 2.45) is 12.2 Å². The molecule has 0 aromatic carbocycles. The van der Waals surface area contributed by atoms with Crippen molar-refractivity contribution in [2.45, 2.75) is 42.8 Å². The van der Waals surface area contributed by atoms with Gasteiger partial charge in [0.25, 0.3) is 0 Å². The lowest BCUT2D eigenvalue weighted by atomic mass is 10.1. The third-order valence-corrected chi connectivity index (χ3v) is 5.61. The molecule has 1 atom stereocenters. The van der Waals surface area contributed by atoms with Gasteiger partial charge in [0.2, 0.25) is 0 Å². The van der Waals surface area contributed by atoms with Crippen molar-refractivity contribution in [3.05, 3.63) is 11.3 Å². The summed E-state index contributed by atoms with van der Waals surface area (Å²) in [5, 5.41) is 5.22. The third-order valence-electron chi connectivity index (χ3n) is 3.18. The van der Waals surface area contributed by atoms with Crippen molar-refractivity contribution in [3.63, 3.8) is 0 Å². The zero-order valence-corrected chi connectivity index (χ0v) is 14.4. The number of hydrogen-bond donors (Lipinski definition) is 0. The molecule has 1 aliphatic rings. The quantitative estimate of drug-likeness (QED) is 0.717. The van der Waals surface area contributed by atoms with Crippen LogP contribution in [-0.2, 0) is 44.7 Å². The summed E-state index contributed by atoms with van der Waals surface area (Å²) in [4.78, 5) is 4.90. The van der Waals surface area contributed by atoms with Crippen LogP contribution in [0.15, 0.2) is 10.2 Å². The average molecular weight is 388 g/mol. The van der Waals surface area contributed by atoms with Crippen LogP contribution in [0.3, 0.4) is 0 Å². The Bertz CT molecular complexity index is 827. The van der Waals surface area contributed by atoms with Gasteiger partial charge in [-0.05, 0) is 24.9 Å². The van der Waals surface area contributed by atoms with Crippen LogP contribution < -0.4 is 0 Å². The maximum Gasteiger partial charge on any atom is 0.435 e. The number of aryl methyl sites for hydroxylation is 1. The van der Waals surface area contributed by atoms with Gasteiger partial charge in [0.1, 0.15) is 10.6 Å². The Morgan fingerprint density at radius 1 is 1.42 bits per heavy atom. The van der Waals surface area contributed by atoms with E-state index in [0.717, 1.165) is 7.05 Å².